The first kappa shape index (κ1) is 15.7. The summed E-state index contributed by atoms with van der Waals surface area (Å²) >= 11 is 0. The Balaban J connectivity index is 1.23. The van der Waals surface area contributed by atoms with Gasteiger partial charge in [0.2, 0.25) is 0 Å². The lowest BCUT2D eigenvalue weighted by Gasteiger charge is -2.35. The monoisotopic (exact) mass is 380 g/mol. The van der Waals surface area contributed by atoms with Crippen LogP contribution in [0.4, 0.5) is 0 Å². The molecule has 8 aliphatic carbocycles. The van der Waals surface area contributed by atoms with E-state index in [9.17, 15) is 19.2 Å². The number of hydrogen-bond acceptors (Lipinski definition) is 6. The second-order valence-electron chi connectivity index (χ2n) is 9.62. The molecule has 6 heteroatoms. The Morgan fingerprint density at radius 1 is 0.679 bits per heavy atom. The van der Waals surface area contributed by atoms with Crippen molar-refractivity contribution < 1.29 is 28.7 Å². The first-order valence-corrected chi connectivity index (χ1v) is 10.3. The zero-order chi connectivity index (χ0) is 19.2. The van der Waals surface area contributed by atoms with Crippen LogP contribution in [0.2, 0.25) is 0 Å². The molecule has 8 bridgehead atoms. The van der Waals surface area contributed by atoms with E-state index < -0.39 is 24.1 Å². The van der Waals surface area contributed by atoms with Crippen LogP contribution >= 0.6 is 0 Å². The van der Waals surface area contributed by atoms with E-state index in [0.29, 0.717) is 60.2 Å². The number of esters is 2. The summed E-state index contributed by atoms with van der Waals surface area (Å²) in [5.74, 6) is 2.48. The van der Waals surface area contributed by atoms with Gasteiger partial charge in [-0.1, -0.05) is 11.1 Å². The lowest BCUT2D eigenvalue weighted by molar-refractivity contribution is -0.151. The Hall–Kier alpha value is -2.24. The molecule has 0 heterocycles. The maximum atomic E-state index is 13.0. The Morgan fingerprint density at radius 2 is 1.04 bits per heavy atom. The molecule has 0 aliphatic heterocycles. The van der Waals surface area contributed by atoms with Crippen molar-refractivity contribution in [3.63, 3.8) is 0 Å². The third-order valence-corrected chi connectivity index (χ3v) is 8.91. The van der Waals surface area contributed by atoms with E-state index in [2.05, 4.69) is 0 Å². The smallest absolute Gasteiger partial charge is 0.303 e. The molecule has 0 amide bonds. The van der Waals surface area contributed by atoms with Gasteiger partial charge in [-0.2, -0.15) is 0 Å². The van der Waals surface area contributed by atoms with Crippen LogP contribution in [-0.2, 0) is 28.7 Å². The molecule has 0 spiro atoms. The average molecular weight is 380 g/mol. The highest BCUT2D eigenvalue weighted by atomic mass is 16.5. The highest BCUT2D eigenvalue weighted by Gasteiger charge is 2.83. The van der Waals surface area contributed by atoms with Gasteiger partial charge >= 0.3 is 11.9 Å². The van der Waals surface area contributed by atoms with Crippen LogP contribution in [0.5, 0.6) is 0 Å². The number of carbonyl (C=O) groups is 4. The van der Waals surface area contributed by atoms with Crippen molar-refractivity contribution in [2.75, 3.05) is 0 Å². The van der Waals surface area contributed by atoms with Gasteiger partial charge in [0, 0.05) is 37.8 Å². The minimum absolute atomic E-state index is 0.0269. The van der Waals surface area contributed by atoms with Crippen LogP contribution in [0.1, 0.15) is 26.7 Å². The molecule has 8 aliphatic rings. The molecular weight excluding hydrogens is 360 g/mol. The summed E-state index contributed by atoms with van der Waals surface area (Å²) in [6, 6.07) is 0. The fourth-order valence-corrected chi connectivity index (χ4v) is 8.98. The fraction of sp³-hybridized carbons (Fsp3) is 0.636. The van der Waals surface area contributed by atoms with E-state index in [1.54, 1.807) is 0 Å². The Bertz CT molecular complexity index is 920. The average Bonchev–Trinajstić information content (AvgIpc) is 3.41. The second kappa shape index (κ2) is 4.50. The molecule has 0 aromatic rings. The van der Waals surface area contributed by atoms with Crippen LogP contribution in [0.15, 0.2) is 22.3 Å². The van der Waals surface area contributed by atoms with E-state index in [0.717, 1.165) is 11.1 Å². The SMILES string of the molecule is CC(=O)OC1CC2=C(C1=O)C1C3C4C5=C(C(=O)C(OC(C)=O)C5)C5C3C2C1C45. The molecule has 8 rings (SSSR count). The van der Waals surface area contributed by atoms with Crippen molar-refractivity contribution in [2.24, 2.45) is 47.3 Å². The standard InChI is InChI=1S/C22H20O6/c1-5(23)27-9-3-7-11-15-16-12-8-4-10(28-6(2)24)22(26)14(8)20(16)17(11)18(12)19(15)13(7)21(9)25/h9-12,15-20H,3-4H2,1-2H3. The first-order valence-electron chi connectivity index (χ1n) is 10.3. The molecule has 4 fully saturated rings. The third kappa shape index (κ3) is 1.40. The van der Waals surface area contributed by atoms with Crippen LogP contribution in [0.3, 0.4) is 0 Å². The van der Waals surface area contributed by atoms with Gasteiger partial charge in [-0.15, -0.1) is 0 Å². The topological polar surface area (TPSA) is 86.7 Å². The maximum absolute atomic E-state index is 13.0. The predicted molar refractivity (Wildman–Crippen MR) is 92.3 cm³/mol. The maximum Gasteiger partial charge on any atom is 0.303 e. The largest absolute Gasteiger partial charge is 0.454 e. The van der Waals surface area contributed by atoms with Crippen molar-refractivity contribution in [2.45, 2.75) is 38.9 Å². The van der Waals surface area contributed by atoms with E-state index >= 15 is 0 Å². The molecular formula is C22H20O6. The van der Waals surface area contributed by atoms with Gasteiger partial charge in [0.05, 0.1) is 0 Å². The van der Waals surface area contributed by atoms with Gasteiger partial charge in [-0.05, 0) is 47.3 Å². The minimum Gasteiger partial charge on any atom is -0.454 e. The Morgan fingerprint density at radius 3 is 1.36 bits per heavy atom. The fourth-order valence-electron chi connectivity index (χ4n) is 8.98. The molecule has 6 unspecified atom stereocenters. The van der Waals surface area contributed by atoms with Crippen LogP contribution in [0.25, 0.3) is 0 Å². The molecule has 0 radical (unpaired) electrons. The van der Waals surface area contributed by atoms with Crippen molar-refractivity contribution in [1.82, 2.24) is 0 Å². The van der Waals surface area contributed by atoms with Crippen molar-refractivity contribution >= 4 is 23.5 Å². The highest BCUT2D eigenvalue weighted by molar-refractivity contribution is 6.07. The predicted octanol–water partition coefficient (Wildman–Crippen LogP) is 1.39. The van der Waals surface area contributed by atoms with Gasteiger partial charge in [0.1, 0.15) is 0 Å². The highest BCUT2D eigenvalue weighted by Crippen LogP contribution is 2.85. The zero-order valence-electron chi connectivity index (χ0n) is 15.6. The van der Waals surface area contributed by atoms with Crippen molar-refractivity contribution in [3.05, 3.63) is 22.3 Å². The molecule has 144 valence electrons. The first-order chi connectivity index (χ1) is 13.4. The van der Waals surface area contributed by atoms with E-state index in [-0.39, 0.29) is 11.6 Å². The molecule has 0 aromatic carbocycles. The molecule has 0 N–H and O–H groups in total. The lowest BCUT2D eigenvalue weighted by atomic mass is 9.68. The molecule has 6 atom stereocenters. The molecule has 6 nitrogen and oxygen atoms in total. The minimum atomic E-state index is -0.630. The summed E-state index contributed by atoms with van der Waals surface area (Å²) in [7, 11) is 0. The van der Waals surface area contributed by atoms with E-state index in [1.807, 2.05) is 0 Å². The molecule has 0 aromatic heterocycles. The number of Topliss-reactive ketones (excluding diaryl/α,β-unsaturated/α-hetero) is 2. The van der Waals surface area contributed by atoms with E-state index in [4.69, 9.17) is 9.47 Å². The van der Waals surface area contributed by atoms with Gasteiger partial charge in [0.15, 0.2) is 23.8 Å². The summed E-state index contributed by atoms with van der Waals surface area (Å²) in [6.07, 6.45) is -0.159. The molecule has 28 heavy (non-hydrogen) atoms. The van der Waals surface area contributed by atoms with Gasteiger partial charge in [-0.3, -0.25) is 19.2 Å². The summed E-state index contributed by atoms with van der Waals surface area (Å²) in [5, 5.41) is 0. The number of hydrogen-bond donors (Lipinski definition) is 0. The second-order valence-corrected chi connectivity index (χ2v) is 9.62. The lowest BCUT2D eigenvalue weighted by Crippen LogP contribution is -2.33. The third-order valence-electron chi connectivity index (χ3n) is 8.91. The van der Waals surface area contributed by atoms with Crippen LogP contribution in [-0.4, -0.2) is 35.7 Å². The van der Waals surface area contributed by atoms with Gasteiger partial charge in [0.25, 0.3) is 0 Å². The summed E-state index contributed by atoms with van der Waals surface area (Å²) < 4.78 is 10.6. The van der Waals surface area contributed by atoms with Crippen molar-refractivity contribution in [3.8, 4) is 0 Å². The van der Waals surface area contributed by atoms with Crippen molar-refractivity contribution in [1.29, 1.82) is 0 Å². The van der Waals surface area contributed by atoms with Crippen LogP contribution < -0.4 is 0 Å². The number of ketones is 2. The summed E-state index contributed by atoms with van der Waals surface area (Å²) in [4.78, 5) is 48.7. The molecule has 0 saturated heterocycles. The number of rotatable bonds is 2. The number of carbonyl (C=O) groups excluding carboxylic acids is 4. The van der Waals surface area contributed by atoms with Crippen LogP contribution in [0, 0.1) is 47.3 Å². The summed E-state index contributed by atoms with van der Waals surface area (Å²) in [5.41, 5.74) is 4.39. The summed E-state index contributed by atoms with van der Waals surface area (Å²) in [6.45, 7) is 2.71. The number of ether oxygens (including phenoxy) is 2. The van der Waals surface area contributed by atoms with Gasteiger partial charge in [-0.25, -0.2) is 0 Å². The molecule has 4 saturated carbocycles. The Labute approximate surface area is 161 Å². The Kier molecular flexibility index (Phi) is 2.51. The quantitative estimate of drug-likeness (QED) is 0.673. The normalized spacial score (nSPS) is 50.4. The van der Waals surface area contributed by atoms with E-state index in [1.165, 1.54) is 25.0 Å². The zero-order valence-corrected chi connectivity index (χ0v) is 15.6. The van der Waals surface area contributed by atoms with Gasteiger partial charge < -0.3 is 9.47 Å².